The molecule has 0 saturated carbocycles. The molecule has 2 aliphatic heterocycles. The van der Waals surface area contributed by atoms with Crippen LogP contribution in [0.15, 0.2) is 23.1 Å². The number of halogens is 2. The van der Waals surface area contributed by atoms with Crippen molar-refractivity contribution in [3.63, 3.8) is 0 Å². The van der Waals surface area contributed by atoms with E-state index >= 15 is 0 Å². The molecule has 0 bridgehead atoms. The summed E-state index contributed by atoms with van der Waals surface area (Å²) in [5.41, 5.74) is 0. The number of nitrogens with zero attached hydrogens (tertiary/aromatic N) is 2. The molecule has 0 aromatic heterocycles. The largest absolute Gasteiger partial charge is 0.298 e. The molecular weight excluding hydrogens is 303 g/mol. The van der Waals surface area contributed by atoms with E-state index in [4.69, 9.17) is 11.6 Å². The molecule has 0 radical (unpaired) electrons. The Kier molecular flexibility index (Phi) is 3.75. The van der Waals surface area contributed by atoms with Crippen LogP contribution in [0.1, 0.15) is 12.8 Å². The molecule has 2 fully saturated rings. The normalized spacial score (nSPS) is 24.8. The van der Waals surface area contributed by atoms with Crippen LogP contribution in [-0.4, -0.2) is 49.8 Å². The molecular formula is C13H16ClFN2O2S. The molecule has 2 saturated heterocycles. The van der Waals surface area contributed by atoms with Crippen molar-refractivity contribution in [3.8, 4) is 0 Å². The highest BCUT2D eigenvalue weighted by molar-refractivity contribution is 7.89. The second kappa shape index (κ2) is 5.26. The molecule has 1 aromatic rings. The SMILES string of the molecule is O=S(=O)(c1ccc(F)cc1Cl)N1CCN2CCC[C@H]2C1. The van der Waals surface area contributed by atoms with Crippen molar-refractivity contribution in [3.05, 3.63) is 29.0 Å². The number of hydrogen-bond acceptors (Lipinski definition) is 3. The van der Waals surface area contributed by atoms with Gasteiger partial charge in [-0.1, -0.05) is 11.6 Å². The van der Waals surface area contributed by atoms with Gasteiger partial charge in [-0.15, -0.1) is 0 Å². The van der Waals surface area contributed by atoms with Gasteiger partial charge >= 0.3 is 0 Å². The number of sulfonamides is 1. The molecule has 0 spiro atoms. The van der Waals surface area contributed by atoms with E-state index in [2.05, 4.69) is 4.90 Å². The first-order chi connectivity index (χ1) is 9.48. The summed E-state index contributed by atoms with van der Waals surface area (Å²) in [6.45, 7) is 2.77. The summed E-state index contributed by atoms with van der Waals surface area (Å²) >= 11 is 5.89. The molecule has 0 amide bonds. The second-order valence-corrected chi connectivity index (χ2v) is 7.58. The molecule has 2 aliphatic rings. The van der Waals surface area contributed by atoms with Crippen LogP contribution in [0, 0.1) is 5.82 Å². The maximum Gasteiger partial charge on any atom is 0.244 e. The molecule has 4 nitrogen and oxygen atoms in total. The van der Waals surface area contributed by atoms with Crippen molar-refractivity contribution in [2.75, 3.05) is 26.2 Å². The van der Waals surface area contributed by atoms with E-state index in [1.165, 1.54) is 10.4 Å². The fourth-order valence-electron chi connectivity index (χ4n) is 3.00. The minimum Gasteiger partial charge on any atom is -0.298 e. The number of rotatable bonds is 2. The van der Waals surface area contributed by atoms with E-state index in [-0.39, 0.29) is 9.92 Å². The molecule has 1 atom stereocenters. The molecule has 0 N–H and O–H groups in total. The lowest BCUT2D eigenvalue weighted by atomic mass is 10.2. The zero-order valence-electron chi connectivity index (χ0n) is 10.9. The number of benzene rings is 1. The molecule has 0 unspecified atom stereocenters. The Bertz CT molecular complexity index is 623. The summed E-state index contributed by atoms with van der Waals surface area (Å²) in [5, 5.41) is -0.0566. The average Bonchev–Trinajstić information content (AvgIpc) is 2.85. The van der Waals surface area contributed by atoms with E-state index < -0.39 is 15.8 Å². The molecule has 20 heavy (non-hydrogen) atoms. The zero-order chi connectivity index (χ0) is 14.3. The van der Waals surface area contributed by atoms with Crippen molar-refractivity contribution < 1.29 is 12.8 Å². The smallest absolute Gasteiger partial charge is 0.244 e. The van der Waals surface area contributed by atoms with Gasteiger partial charge in [0.1, 0.15) is 10.7 Å². The number of fused-ring (bicyclic) bond motifs is 1. The van der Waals surface area contributed by atoms with Gasteiger partial charge in [0.2, 0.25) is 10.0 Å². The van der Waals surface area contributed by atoms with E-state index in [1.54, 1.807) is 0 Å². The average molecular weight is 319 g/mol. The van der Waals surface area contributed by atoms with Crippen LogP contribution in [-0.2, 0) is 10.0 Å². The standard InChI is InChI=1S/C13H16ClFN2O2S/c14-12-8-10(15)3-4-13(12)20(18,19)17-7-6-16-5-1-2-11(16)9-17/h3-4,8,11H,1-2,5-7,9H2/t11-/m0/s1. The van der Waals surface area contributed by atoms with E-state index in [9.17, 15) is 12.8 Å². The summed E-state index contributed by atoms with van der Waals surface area (Å²) < 4.78 is 39.7. The minimum atomic E-state index is -3.64. The lowest BCUT2D eigenvalue weighted by Gasteiger charge is -2.36. The minimum absolute atomic E-state index is 0.00739. The summed E-state index contributed by atoms with van der Waals surface area (Å²) in [4.78, 5) is 2.32. The summed E-state index contributed by atoms with van der Waals surface area (Å²) in [5.74, 6) is -0.533. The Hall–Kier alpha value is -0.690. The van der Waals surface area contributed by atoms with Gasteiger partial charge in [0.25, 0.3) is 0 Å². The first-order valence-electron chi connectivity index (χ1n) is 6.68. The van der Waals surface area contributed by atoms with Gasteiger partial charge in [-0.2, -0.15) is 4.31 Å². The molecule has 3 rings (SSSR count). The first-order valence-corrected chi connectivity index (χ1v) is 8.49. The molecule has 1 aromatic carbocycles. The lowest BCUT2D eigenvalue weighted by Crippen LogP contribution is -2.51. The van der Waals surface area contributed by atoms with Crippen LogP contribution < -0.4 is 0 Å². The van der Waals surface area contributed by atoms with Crippen molar-refractivity contribution in [2.24, 2.45) is 0 Å². The highest BCUT2D eigenvalue weighted by atomic mass is 35.5. The highest BCUT2D eigenvalue weighted by Crippen LogP contribution is 2.29. The summed E-state index contributed by atoms with van der Waals surface area (Å²) in [6, 6.07) is 3.72. The van der Waals surface area contributed by atoms with Crippen molar-refractivity contribution in [2.45, 2.75) is 23.8 Å². The Balaban J connectivity index is 1.88. The van der Waals surface area contributed by atoms with Gasteiger partial charge in [-0.25, -0.2) is 12.8 Å². The van der Waals surface area contributed by atoms with Gasteiger partial charge in [-0.05, 0) is 37.6 Å². The van der Waals surface area contributed by atoms with E-state index in [0.717, 1.165) is 38.1 Å². The maximum absolute atomic E-state index is 13.1. The second-order valence-electron chi connectivity index (χ2n) is 5.27. The monoisotopic (exact) mass is 318 g/mol. The highest BCUT2D eigenvalue weighted by Gasteiger charge is 2.36. The van der Waals surface area contributed by atoms with Crippen molar-refractivity contribution in [1.82, 2.24) is 9.21 Å². The fraction of sp³-hybridized carbons (Fsp3) is 0.538. The van der Waals surface area contributed by atoms with Crippen LogP contribution in [0.25, 0.3) is 0 Å². The predicted molar refractivity (Wildman–Crippen MR) is 74.8 cm³/mol. The van der Waals surface area contributed by atoms with Gasteiger partial charge in [-0.3, -0.25) is 4.90 Å². The van der Waals surface area contributed by atoms with Gasteiger partial charge < -0.3 is 0 Å². The van der Waals surface area contributed by atoms with Crippen molar-refractivity contribution >= 4 is 21.6 Å². The molecule has 110 valence electrons. The zero-order valence-corrected chi connectivity index (χ0v) is 12.5. The van der Waals surface area contributed by atoms with Crippen LogP contribution in [0.3, 0.4) is 0 Å². The van der Waals surface area contributed by atoms with Crippen LogP contribution in [0.5, 0.6) is 0 Å². The first kappa shape index (κ1) is 14.3. The van der Waals surface area contributed by atoms with Gasteiger partial charge in [0.05, 0.1) is 5.02 Å². The number of hydrogen-bond donors (Lipinski definition) is 0. The fourth-order valence-corrected chi connectivity index (χ4v) is 4.98. The summed E-state index contributed by atoms with van der Waals surface area (Å²) in [7, 11) is -3.64. The Morgan fingerprint density at radius 2 is 2.05 bits per heavy atom. The quantitative estimate of drug-likeness (QED) is 0.837. The third-order valence-corrected chi connectivity index (χ3v) is 6.41. The lowest BCUT2D eigenvalue weighted by molar-refractivity contribution is 0.158. The molecule has 2 heterocycles. The topological polar surface area (TPSA) is 40.6 Å². The predicted octanol–water partition coefficient (Wildman–Crippen LogP) is 1.95. The van der Waals surface area contributed by atoms with Crippen molar-refractivity contribution in [1.29, 1.82) is 0 Å². The Labute approximate surface area is 123 Å². The molecule has 7 heteroatoms. The van der Waals surface area contributed by atoms with E-state index in [1.807, 2.05) is 0 Å². The third-order valence-electron chi connectivity index (χ3n) is 4.06. The van der Waals surface area contributed by atoms with Gasteiger partial charge in [0, 0.05) is 25.7 Å². The van der Waals surface area contributed by atoms with E-state index in [0.29, 0.717) is 19.1 Å². The summed E-state index contributed by atoms with van der Waals surface area (Å²) in [6.07, 6.45) is 2.15. The van der Waals surface area contributed by atoms with Gasteiger partial charge in [0.15, 0.2) is 0 Å². The Morgan fingerprint density at radius 3 is 2.80 bits per heavy atom. The Morgan fingerprint density at radius 1 is 1.25 bits per heavy atom. The van der Waals surface area contributed by atoms with Crippen LogP contribution in [0.4, 0.5) is 4.39 Å². The maximum atomic E-state index is 13.1. The van der Waals surface area contributed by atoms with Crippen LogP contribution >= 0.6 is 11.6 Å². The molecule has 0 aliphatic carbocycles. The third kappa shape index (κ3) is 2.45. The van der Waals surface area contributed by atoms with Crippen LogP contribution in [0.2, 0.25) is 5.02 Å². The number of piperazine rings is 1.